The van der Waals surface area contributed by atoms with Gasteiger partial charge in [-0.25, -0.2) is 13.2 Å². The Kier molecular flexibility index (Phi) is 6.03. The fourth-order valence-corrected chi connectivity index (χ4v) is 4.59. The molecule has 1 aliphatic heterocycles. The van der Waals surface area contributed by atoms with Gasteiger partial charge in [-0.15, -0.1) is 0 Å². The zero-order valence-corrected chi connectivity index (χ0v) is 16.2. The molecule has 1 amide bonds. The molecule has 9 heteroatoms. The van der Waals surface area contributed by atoms with E-state index in [9.17, 15) is 18.0 Å². The molecule has 0 aliphatic carbocycles. The second kappa shape index (κ2) is 8.47. The van der Waals surface area contributed by atoms with Crippen LogP contribution in [-0.2, 0) is 25.9 Å². The van der Waals surface area contributed by atoms with Crippen molar-refractivity contribution >= 4 is 27.4 Å². The average molecular weight is 406 g/mol. The van der Waals surface area contributed by atoms with Gasteiger partial charge in [-0.3, -0.25) is 4.79 Å². The van der Waals surface area contributed by atoms with Gasteiger partial charge in [0, 0.05) is 11.7 Å². The number of furan rings is 1. The first kappa shape index (κ1) is 19.9. The molecular weight excluding hydrogens is 384 g/mol. The number of hydrogen-bond donors (Lipinski definition) is 2. The fourth-order valence-electron chi connectivity index (χ4n) is 2.92. The number of benzene rings is 1. The van der Waals surface area contributed by atoms with E-state index in [0.717, 1.165) is 0 Å². The summed E-state index contributed by atoms with van der Waals surface area (Å²) in [5.41, 5.74) is 0.843. The molecule has 0 radical (unpaired) electrons. The SMILES string of the molecule is C[C@H](OC(=O)c1ccccc1NCc1ccco1)C(=O)N[C@H]1CCS(=O)(=O)C1. The Balaban J connectivity index is 1.58. The van der Waals surface area contributed by atoms with Crippen molar-refractivity contribution in [3.05, 3.63) is 54.0 Å². The monoisotopic (exact) mass is 406 g/mol. The molecule has 0 bridgehead atoms. The van der Waals surface area contributed by atoms with Gasteiger partial charge in [0.05, 0.1) is 29.9 Å². The third-order valence-electron chi connectivity index (χ3n) is 4.41. The van der Waals surface area contributed by atoms with Crippen molar-refractivity contribution in [1.82, 2.24) is 5.32 Å². The van der Waals surface area contributed by atoms with Gasteiger partial charge in [-0.1, -0.05) is 12.1 Å². The highest BCUT2D eigenvalue weighted by molar-refractivity contribution is 7.91. The second-order valence-corrected chi connectivity index (χ2v) is 8.86. The van der Waals surface area contributed by atoms with Gasteiger partial charge >= 0.3 is 5.97 Å². The van der Waals surface area contributed by atoms with Gasteiger partial charge in [-0.2, -0.15) is 0 Å². The molecule has 1 aliphatic rings. The minimum Gasteiger partial charge on any atom is -0.467 e. The number of rotatable bonds is 7. The lowest BCUT2D eigenvalue weighted by atomic mass is 10.1. The highest BCUT2D eigenvalue weighted by atomic mass is 32.2. The Morgan fingerprint density at radius 3 is 2.71 bits per heavy atom. The predicted octanol–water partition coefficient (Wildman–Crippen LogP) is 1.74. The van der Waals surface area contributed by atoms with E-state index in [1.165, 1.54) is 6.92 Å². The molecule has 1 aromatic carbocycles. The maximum absolute atomic E-state index is 12.5. The van der Waals surface area contributed by atoms with Crippen LogP contribution in [0, 0.1) is 0 Å². The van der Waals surface area contributed by atoms with Crippen LogP contribution < -0.4 is 10.6 Å². The van der Waals surface area contributed by atoms with Crippen molar-refractivity contribution in [2.24, 2.45) is 0 Å². The Morgan fingerprint density at radius 1 is 1.25 bits per heavy atom. The Bertz CT molecular complexity index is 939. The maximum Gasteiger partial charge on any atom is 0.341 e. The normalized spacial score (nSPS) is 19.0. The number of ether oxygens (including phenoxy) is 1. The van der Waals surface area contributed by atoms with Gasteiger partial charge < -0.3 is 19.8 Å². The van der Waals surface area contributed by atoms with Crippen molar-refractivity contribution in [3.63, 3.8) is 0 Å². The first-order valence-corrected chi connectivity index (χ1v) is 10.7. The van der Waals surface area contributed by atoms with Crippen molar-refractivity contribution in [3.8, 4) is 0 Å². The molecule has 1 aromatic heterocycles. The molecule has 0 unspecified atom stereocenters. The van der Waals surface area contributed by atoms with E-state index < -0.39 is 33.9 Å². The van der Waals surface area contributed by atoms with Crippen LogP contribution in [0.4, 0.5) is 5.69 Å². The number of sulfone groups is 1. The van der Waals surface area contributed by atoms with Gasteiger partial charge in [0.15, 0.2) is 15.9 Å². The van der Waals surface area contributed by atoms with Crippen LogP contribution in [0.15, 0.2) is 47.1 Å². The summed E-state index contributed by atoms with van der Waals surface area (Å²) >= 11 is 0. The predicted molar refractivity (Wildman–Crippen MR) is 103 cm³/mol. The summed E-state index contributed by atoms with van der Waals surface area (Å²) in [6.07, 6.45) is 0.885. The second-order valence-electron chi connectivity index (χ2n) is 6.63. The highest BCUT2D eigenvalue weighted by Gasteiger charge is 2.31. The lowest BCUT2D eigenvalue weighted by Gasteiger charge is -2.17. The Hall–Kier alpha value is -2.81. The molecule has 2 N–H and O–H groups in total. The van der Waals surface area contributed by atoms with Gasteiger partial charge in [0.1, 0.15) is 5.76 Å². The van der Waals surface area contributed by atoms with Crippen LogP contribution in [0.3, 0.4) is 0 Å². The first-order valence-electron chi connectivity index (χ1n) is 8.91. The summed E-state index contributed by atoms with van der Waals surface area (Å²) in [6, 6.07) is 9.94. The quantitative estimate of drug-likeness (QED) is 0.673. The summed E-state index contributed by atoms with van der Waals surface area (Å²) in [5.74, 6) is -0.483. The van der Waals surface area contributed by atoms with E-state index in [1.807, 2.05) is 6.07 Å². The molecule has 2 aromatic rings. The van der Waals surface area contributed by atoms with Crippen LogP contribution in [0.2, 0.25) is 0 Å². The number of para-hydroxylation sites is 1. The number of carbonyl (C=O) groups is 2. The largest absolute Gasteiger partial charge is 0.467 e. The van der Waals surface area contributed by atoms with E-state index in [2.05, 4.69) is 10.6 Å². The Labute approximate surface area is 163 Å². The van der Waals surface area contributed by atoms with Crippen LogP contribution in [0.5, 0.6) is 0 Å². The van der Waals surface area contributed by atoms with Gasteiger partial charge in [0.2, 0.25) is 0 Å². The summed E-state index contributed by atoms with van der Waals surface area (Å²) in [4.78, 5) is 24.8. The van der Waals surface area contributed by atoms with Crippen molar-refractivity contribution in [2.45, 2.75) is 32.0 Å². The zero-order valence-electron chi connectivity index (χ0n) is 15.4. The number of carbonyl (C=O) groups excluding carboxylic acids is 2. The fraction of sp³-hybridized carbons (Fsp3) is 0.368. The molecule has 0 spiro atoms. The minimum atomic E-state index is -3.10. The molecule has 150 valence electrons. The topological polar surface area (TPSA) is 115 Å². The van der Waals surface area contributed by atoms with Crippen molar-refractivity contribution in [2.75, 3.05) is 16.8 Å². The average Bonchev–Trinajstić information content (AvgIpc) is 3.29. The molecule has 2 atom stereocenters. The number of amides is 1. The van der Waals surface area contributed by atoms with E-state index in [1.54, 1.807) is 36.6 Å². The van der Waals surface area contributed by atoms with Crippen molar-refractivity contribution < 1.29 is 27.2 Å². The van der Waals surface area contributed by atoms with E-state index in [-0.39, 0.29) is 17.1 Å². The minimum absolute atomic E-state index is 0.0564. The van der Waals surface area contributed by atoms with Crippen LogP contribution in [0.1, 0.15) is 29.5 Å². The van der Waals surface area contributed by atoms with Crippen LogP contribution >= 0.6 is 0 Å². The summed E-state index contributed by atoms with van der Waals surface area (Å²) in [6.45, 7) is 1.85. The molecule has 0 saturated carbocycles. The number of anilines is 1. The highest BCUT2D eigenvalue weighted by Crippen LogP contribution is 2.18. The number of hydrogen-bond acceptors (Lipinski definition) is 7. The molecule has 28 heavy (non-hydrogen) atoms. The molecule has 1 fully saturated rings. The van der Waals surface area contributed by atoms with Crippen LogP contribution in [-0.4, -0.2) is 43.9 Å². The smallest absolute Gasteiger partial charge is 0.341 e. The number of esters is 1. The van der Waals surface area contributed by atoms with E-state index >= 15 is 0 Å². The number of nitrogens with one attached hydrogen (secondary N) is 2. The zero-order chi connectivity index (χ0) is 20.1. The lowest BCUT2D eigenvalue weighted by Crippen LogP contribution is -2.42. The molecular formula is C19H22N2O6S. The summed E-state index contributed by atoms with van der Waals surface area (Å²) in [7, 11) is -3.10. The Morgan fingerprint density at radius 2 is 2.04 bits per heavy atom. The van der Waals surface area contributed by atoms with Crippen molar-refractivity contribution in [1.29, 1.82) is 0 Å². The van der Waals surface area contributed by atoms with E-state index in [4.69, 9.17) is 9.15 Å². The standard InChI is InChI=1S/C19H22N2O6S/c1-13(18(22)21-14-8-10-28(24,25)12-14)27-19(23)16-6-2-3-7-17(16)20-11-15-5-4-9-26-15/h2-7,9,13-14,20H,8,10-12H2,1H3,(H,21,22)/t13-,14-/m0/s1. The summed E-state index contributed by atoms with van der Waals surface area (Å²) in [5, 5.41) is 5.73. The van der Waals surface area contributed by atoms with Crippen LogP contribution in [0.25, 0.3) is 0 Å². The van der Waals surface area contributed by atoms with Gasteiger partial charge in [0.25, 0.3) is 5.91 Å². The third-order valence-corrected chi connectivity index (χ3v) is 6.18. The molecule has 2 heterocycles. The third kappa shape index (κ3) is 5.13. The summed E-state index contributed by atoms with van der Waals surface area (Å²) < 4.78 is 33.5. The van der Waals surface area contributed by atoms with Gasteiger partial charge in [-0.05, 0) is 37.6 Å². The molecule has 1 saturated heterocycles. The maximum atomic E-state index is 12.5. The van der Waals surface area contributed by atoms with E-state index in [0.29, 0.717) is 24.4 Å². The molecule has 8 nitrogen and oxygen atoms in total. The first-order chi connectivity index (χ1) is 13.3. The lowest BCUT2D eigenvalue weighted by molar-refractivity contribution is -0.129. The molecule has 3 rings (SSSR count).